The standard InChI is InChI=1S/C13H29NO6Si/c1-5-18-21(19-6-2,20-7-3)10-8-9-14-13(16)17-11-12(4)15/h12,15H,5-11H2,1-4H3,(H,14,16). The van der Waals surface area contributed by atoms with E-state index in [2.05, 4.69) is 5.32 Å². The molecule has 0 aliphatic heterocycles. The lowest BCUT2D eigenvalue weighted by molar-refractivity contribution is 0.0698. The summed E-state index contributed by atoms with van der Waals surface area (Å²) in [6.45, 7) is 9.33. The zero-order valence-corrected chi connectivity index (χ0v) is 14.5. The molecule has 8 heteroatoms. The van der Waals surface area contributed by atoms with E-state index in [-0.39, 0.29) is 6.61 Å². The Hall–Kier alpha value is -0.673. The Labute approximate surface area is 128 Å². The van der Waals surface area contributed by atoms with Gasteiger partial charge in [0.2, 0.25) is 0 Å². The second kappa shape index (κ2) is 11.9. The van der Waals surface area contributed by atoms with E-state index in [9.17, 15) is 4.79 Å². The summed E-state index contributed by atoms with van der Waals surface area (Å²) in [5.41, 5.74) is 0. The fraction of sp³-hybridized carbons (Fsp3) is 0.923. The molecule has 0 heterocycles. The summed E-state index contributed by atoms with van der Waals surface area (Å²) in [5, 5.41) is 11.6. The lowest BCUT2D eigenvalue weighted by atomic mass is 10.4. The molecule has 126 valence electrons. The van der Waals surface area contributed by atoms with Gasteiger partial charge in [0.05, 0.1) is 6.10 Å². The molecule has 0 bridgehead atoms. The number of aliphatic hydroxyl groups excluding tert-OH is 1. The molecule has 0 aromatic rings. The number of nitrogens with one attached hydrogen (secondary N) is 1. The van der Waals surface area contributed by atoms with E-state index >= 15 is 0 Å². The average molecular weight is 323 g/mol. The van der Waals surface area contributed by atoms with Crippen LogP contribution in [0.3, 0.4) is 0 Å². The van der Waals surface area contributed by atoms with Crippen molar-refractivity contribution in [2.24, 2.45) is 0 Å². The third-order valence-corrected chi connectivity index (χ3v) is 5.63. The zero-order valence-electron chi connectivity index (χ0n) is 13.5. The van der Waals surface area contributed by atoms with Gasteiger partial charge in [0, 0.05) is 32.4 Å². The Balaban J connectivity index is 4.09. The minimum absolute atomic E-state index is 0.0125. The number of hydrogen-bond acceptors (Lipinski definition) is 6. The van der Waals surface area contributed by atoms with Crippen LogP contribution in [0.2, 0.25) is 6.04 Å². The lowest BCUT2D eigenvalue weighted by Gasteiger charge is -2.28. The van der Waals surface area contributed by atoms with Gasteiger partial charge in [-0.1, -0.05) is 0 Å². The normalized spacial score (nSPS) is 13.0. The molecule has 0 saturated carbocycles. The molecule has 21 heavy (non-hydrogen) atoms. The van der Waals surface area contributed by atoms with Crippen LogP contribution in [0, 0.1) is 0 Å². The summed E-state index contributed by atoms with van der Waals surface area (Å²) in [6.07, 6.45) is -0.521. The molecule has 7 nitrogen and oxygen atoms in total. The van der Waals surface area contributed by atoms with Crippen LogP contribution in [0.5, 0.6) is 0 Å². The van der Waals surface area contributed by atoms with E-state index in [1.54, 1.807) is 6.92 Å². The van der Waals surface area contributed by atoms with Crippen LogP contribution < -0.4 is 5.32 Å². The summed E-state index contributed by atoms with van der Waals surface area (Å²) in [6, 6.07) is 0.638. The predicted molar refractivity (Wildman–Crippen MR) is 81.1 cm³/mol. The molecule has 0 aliphatic carbocycles. The largest absolute Gasteiger partial charge is 0.500 e. The van der Waals surface area contributed by atoms with Crippen LogP contribution >= 0.6 is 0 Å². The topological polar surface area (TPSA) is 86.3 Å². The Bertz CT molecular complexity index is 260. The third kappa shape index (κ3) is 9.80. The number of hydrogen-bond donors (Lipinski definition) is 2. The Morgan fingerprint density at radius 2 is 1.67 bits per heavy atom. The quantitative estimate of drug-likeness (QED) is 0.418. The first-order chi connectivity index (χ1) is 9.99. The highest BCUT2D eigenvalue weighted by atomic mass is 28.4. The van der Waals surface area contributed by atoms with Gasteiger partial charge in [-0.15, -0.1) is 0 Å². The number of carbonyl (C=O) groups is 1. The lowest BCUT2D eigenvalue weighted by Crippen LogP contribution is -2.46. The minimum Gasteiger partial charge on any atom is -0.447 e. The third-order valence-electron chi connectivity index (χ3n) is 2.48. The van der Waals surface area contributed by atoms with Gasteiger partial charge in [-0.3, -0.25) is 0 Å². The molecule has 2 N–H and O–H groups in total. The first-order valence-electron chi connectivity index (χ1n) is 7.50. The summed E-state index contributed by atoms with van der Waals surface area (Å²) in [7, 11) is -2.64. The summed E-state index contributed by atoms with van der Waals surface area (Å²) >= 11 is 0. The maximum atomic E-state index is 11.3. The van der Waals surface area contributed by atoms with Gasteiger partial charge in [0.25, 0.3) is 0 Å². The van der Waals surface area contributed by atoms with Crippen molar-refractivity contribution in [3.8, 4) is 0 Å². The van der Waals surface area contributed by atoms with Gasteiger partial charge in [0.15, 0.2) is 0 Å². The van der Waals surface area contributed by atoms with Crippen molar-refractivity contribution in [3.05, 3.63) is 0 Å². The molecule has 0 aromatic heterocycles. The van der Waals surface area contributed by atoms with Crippen LogP contribution in [-0.4, -0.2) is 59.1 Å². The fourth-order valence-electron chi connectivity index (χ4n) is 1.74. The van der Waals surface area contributed by atoms with E-state index < -0.39 is 21.0 Å². The molecule has 0 aromatic carbocycles. The molecule has 0 rings (SSSR count). The van der Waals surface area contributed by atoms with Gasteiger partial charge < -0.3 is 28.4 Å². The van der Waals surface area contributed by atoms with Gasteiger partial charge in [-0.05, 0) is 34.1 Å². The van der Waals surface area contributed by atoms with E-state index in [1.165, 1.54) is 0 Å². The molecular weight excluding hydrogens is 294 g/mol. The minimum atomic E-state index is -2.64. The van der Waals surface area contributed by atoms with Crippen molar-refractivity contribution in [3.63, 3.8) is 0 Å². The van der Waals surface area contributed by atoms with Crippen LogP contribution in [-0.2, 0) is 18.0 Å². The van der Waals surface area contributed by atoms with Crippen LogP contribution in [0.1, 0.15) is 34.1 Å². The molecule has 0 fully saturated rings. The van der Waals surface area contributed by atoms with Crippen molar-refractivity contribution < 1.29 is 27.9 Å². The second-order valence-corrected chi connectivity index (χ2v) is 7.19. The van der Waals surface area contributed by atoms with Crippen molar-refractivity contribution in [2.45, 2.75) is 46.3 Å². The molecule has 0 saturated heterocycles. The van der Waals surface area contributed by atoms with Crippen molar-refractivity contribution >= 4 is 14.9 Å². The molecular formula is C13H29NO6Si. The molecule has 0 aliphatic rings. The fourth-order valence-corrected chi connectivity index (χ4v) is 4.36. The molecule has 1 unspecified atom stereocenters. The summed E-state index contributed by atoms with van der Waals surface area (Å²) in [5.74, 6) is 0. The number of carbonyl (C=O) groups excluding carboxylic acids is 1. The molecule has 0 radical (unpaired) electrons. The second-order valence-electron chi connectivity index (χ2n) is 4.46. The van der Waals surface area contributed by atoms with Crippen LogP contribution in [0.25, 0.3) is 0 Å². The maximum Gasteiger partial charge on any atom is 0.500 e. The van der Waals surface area contributed by atoms with Gasteiger partial charge in [0.1, 0.15) is 6.61 Å². The predicted octanol–water partition coefficient (Wildman–Crippen LogP) is 1.53. The van der Waals surface area contributed by atoms with E-state index in [0.29, 0.717) is 38.8 Å². The first kappa shape index (κ1) is 20.3. The monoisotopic (exact) mass is 323 g/mol. The van der Waals surface area contributed by atoms with Crippen molar-refractivity contribution in [1.82, 2.24) is 5.32 Å². The SMILES string of the molecule is CCO[Si](CCCNC(=O)OCC(C)O)(OCC)OCC. The Morgan fingerprint density at radius 3 is 2.10 bits per heavy atom. The van der Waals surface area contributed by atoms with Crippen molar-refractivity contribution in [2.75, 3.05) is 33.0 Å². The van der Waals surface area contributed by atoms with E-state index in [1.807, 2.05) is 20.8 Å². The first-order valence-corrected chi connectivity index (χ1v) is 9.43. The summed E-state index contributed by atoms with van der Waals surface area (Å²) in [4.78, 5) is 11.3. The zero-order chi connectivity index (χ0) is 16.1. The smallest absolute Gasteiger partial charge is 0.447 e. The van der Waals surface area contributed by atoms with E-state index in [0.717, 1.165) is 0 Å². The van der Waals surface area contributed by atoms with Gasteiger partial charge in [-0.25, -0.2) is 4.79 Å². The van der Waals surface area contributed by atoms with Gasteiger partial charge >= 0.3 is 14.9 Å². The molecule has 1 amide bonds. The average Bonchev–Trinajstić information content (AvgIpc) is 2.42. The number of aliphatic hydroxyl groups is 1. The Morgan fingerprint density at radius 1 is 1.14 bits per heavy atom. The highest BCUT2D eigenvalue weighted by molar-refractivity contribution is 6.60. The number of ether oxygens (including phenoxy) is 1. The maximum absolute atomic E-state index is 11.3. The number of rotatable bonds is 12. The Kier molecular flexibility index (Phi) is 11.5. The highest BCUT2D eigenvalue weighted by Crippen LogP contribution is 2.17. The van der Waals surface area contributed by atoms with Crippen LogP contribution in [0.4, 0.5) is 4.79 Å². The summed E-state index contributed by atoms with van der Waals surface area (Å²) < 4.78 is 21.9. The molecule has 0 spiro atoms. The van der Waals surface area contributed by atoms with E-state index in [4.69, 9.17) is 23.1 Å². The van der Waals surface area contributed by atoms with Crippen molar-refractivity contribution in [1.29, 1.82) is 0 Å². The number of alkyl carbamates (subject to hydrolysis) is 1. The molecule has 1 atom stereocenters. The number of amides is 1. The highest BCUT2D eigenvalue weighted by Gasteiger charge is 2.39. The van der Waals surface area contributed by atoms with Gasteiger partial charge in [-0.2, -0.15) is 0 Å². The van der Waals surface area contributed by atoms with Crippen LogP contribution in [0.15, 0.2) is 0 Å².